The average molecular weight is 674 g/mol. The maximum absolute atomic E-state index is 12.2. The van der Waals surface area contributed by atoms with Gasteiger partial charge in [-0.2, -0.15) is 0 Å². The van der Waals surface area contributed by atoms with Crippen molar-refractivity contribution in [1.29, 1.82) is 0 Å². The second kappa shape index (κ2) is 16.2. The summed E-state index contributed by atoms with van der Waals surface area (Å²) in [5.41, 5.74) is 5.72. The van der Waals surface area contributed by atoms with Crippen molar-refractivity contribution in [2.24, 2.45) is 5.92 Å². The number of hydrogen-bond acceptors (Lipinski definition) is 9. The first-order valence-corrected chi connectivity index (χ1v) is 17.2. The number of ether oxygens (including phenoxy) is 5. The van der Waals surface area contributed by atoms with E-state index in [1.54, 1.807) is 6.92 Å². The van der Waals surface area contributed by atoms with E-state index in [1.807, 2.05) is 66.7 Å². The SMILES string of the molecule is CCOC(=O)CNC(=O)NCc1cccc(-c2cccc(C3OC(CN4CCC5(CC4)OCCO5)C(C)C(c4ccc(CO)cc4)O3)c2)c1. The van der Waals surface area contributed by atoms with Crippen molar-refractivity contribution in [3.8, 4) is 11.1 Å². The van der Waals surface area contributed by atoms with Gasteiger partial charge >= 0.3 is 12.0 Å². The molecule has 49 heavy (non-hydrogen) atoms. The molecule has 2 amide bonds. The number of nitrogens with one attached hydrogen (secondary N) is 2. The van der Waals surface area contributed by atoms with Gasteiger partial charge in [0.25, 0.3) is 0 Å². The standard InChI is InChI=1S/C38H47N3O8/c1-3-45-34(43)23-40-37(44)39-22-28-6-4-7-30(20-28)31-8-5-9-32(21-31)36-48-33(24-41-16-14-38(15-17-41)46-18-19-47-38)26(2)35(49-36)29-12-10-27(25-42)11-13-29/h4-13,20-21,26,33,35-36,42H,3,14-19,22-25H2,1-2H3,(H2,39,40,44). The first-order chi connectivity index (χ1) is 23.8. The van der Waals surface area contributed by atoms with Gasteiger partial charge in [0.05, 0.1) is 38.6 Å². The maximum Gasteiger partial charge on any atom is 0.325 e. The van der Waals surface area contributed by atoms with Gasteiger partial charge in [-0.3, -0.25) is 4.79 Å². The van der Waals surface area contributed by atoms with Crippen LogP contribution in [0.1, 0.15) is 61.3 Å². The molecule has 3 heterocycles. The molecule has 0 saturated carbocycles. The molecule has 3 N–H and O–H groups in total. The molecule has 11 nitrogen and oxygen atoms in total. The van der Waals surface area contributed by atoms with Gasteiger partial charge in [-0.1, -0.05) is 67.6 Å². The summed E-state index contributed by atoms with van der Waals surface area (Å²) >= 11 is 0. The Balaban J connectivity index is 1.16. The summed E-state index contributed by atoms with van der Waals surface area (Å²) in [7, 11) is 0. The van der Waals surface area contributed by atoms with Crippen molar-refractivity contribution in [2.75, 3.05) is 46.0 Å². The van der Waals surface area contributed by atoms with Gasteiger partial charge < -0.3 is 44.3 Å². The molecule has 3 aliphatic rings. The molecule has 0 aliphatic carbocycles. The quantitative estimate of drug-likeness (QED) is 0.245. The Morgan fingerprint density at radius 1 is 0.898 bits per heavy atom. The molecule has 0 aromatic heterocycles. The molecule has 3 aliphatic heterocycles. The van der Waals surface area contributed by atoms with Crippen LogP contribution in [0.3, 0.4) is 0 Å². The number of aliphatic hydroxyl groups excluding tert-OH is 1. The molecule has 0 bridgehead atoms. The van der Waals surface area contributed by atoms with E-state index in [-0.39, 0.29) is 37.9 Å². The van der Waals surface area contributed by atoms with Gasteiger partial charge in [0.1, 0.15) is 6.54 Å². The molecule has 262 valence electrons. The minimum absolute atomic E-state index is 0.00761. The number of amides is 2. The van der Waals surface area contributed by atoms with E-state index in [2.05, 4.69) is 28.5 Å². The Morgan fingerprint density at radius 3 is 2.33 bits per heavy atom. The summed E-state index contributed by atoms with van der Waals surface area (Å²) in [5.74, 6) is -0.832. The maximum atomic E-state index is 12.2. The van der Waals surface area contributed by atoms with E-state index in [0.29, 0.717) is 19.8 Å². The molecule has 0 radical (unpaired) electrons. The summed E-state index contributed by atoms with van der Waals surface area (Å²) in [6, 6.07) is 23.7. The van der Waals surface area contributed by atoms with E-state index < -0.39 is 24.1 Å². The Morgan fingerprint density at radius 2 is 1.61 bits per heavy atom. The first-order valence-electron chi connectivity index (χ1n) is 17.2. The molecule has 3 saturated heterocycles. The number of likely N-dealkylation sites (tertiary alicyclic amines) is 1. The number of carbonyl (C=O) groups excluding carboxylic acids is 2. The Kier molecular flexibility index (Phi) is 11.6. The fourth-order valence-corrected chi connectivity index (χ4v) is 6.78. The van der Waals surface area contributed by atoms with Crippen LogP contribution < -0.4 is 10.6 Å². The third kappa shape index (κ3) is 8.85. The smallest absolute Gasteiger partial charge is 0.325 e. The van der Waals surface area contributed by atoms with Crippen LogP contribution in [0.2, 0.25) is 0 Å². The van der Waals surface area contributed by atoms with E-state index in [9.17, 15) is 14.7 Å². The highest BCUT2D eigenvalue weighted by atomic mass is 16.7. The van der Waals surface area contributed by atoms with Gasteiger partial charge in [0, 0.05) is 50.5 Å². The molecular weight excluding hydrogens is 626 g/mol. The second-order valence-electron chi connectivity index (χ2n) is 12.9. The highest BCUT2D eigenvalue weighted by molar-refractivity contribution is 5.80. The zero-order chi connectivity index (χ0) is 34.2. The highest BCUT2D eigenvalue weighted by Gasteiger charge is 2.43. The largest absolute Gasteiger partial charge is 0.465 e. The van der Waals surface area contributed by atoms with E-state index in [0.717, 1.165) is 65.9 Å². The number of aliphatic hydroxyl groups is 1. The van der Waals surface area contributed by atoms with E-state index in [4.69, 9.17) is 23.7 Å². The topological polar surface area (TPSA) is 128 Å². The van der Waals surface area contributed by atoms with Crippen LogP contribution in [0.5, 0.6) is 0 Å². The second-order valence-corrected chi connectivity index (χ2v) is 12.9. The van der Waals surface area contributed by atoms with Gasteiger partial charge in [-0.05, 0) is 46.9 Å². The van der Waals surface area contributed by atoms with Gasteiger partial charge in [-0.25, -0.2) is 4.79 Å². The zero-order valence-electron chi connectivity index (χ0n) is 28.3. The van der Waals surface area contributed by atoms with Crippen LogP contribution in [-0.2, 0) is 41.6 Å². The van der Waals surface area contributed by atoms with Gasteiger partial charge in [0.15, 0.2) is 12.1 Å². The summed E-state index contributed by atoms with van der Waals surface area (Å²) in [5, 5.41) is 14.9. The number of esters is 1. The number of nitrogens with zero attached hydrogens (tertiary/aromatic N) is 1. The lowest BCUT2D eigenvalue weighted by Gasteiger charge is -2.44. The van der Waals surface area contributed by atoms with Crippen molar-refractivity contribution < 1.29 is 38.4 Å². The predicted octanol–water partition coefficient (Wildman–Crippen LogP) is 4.84. The monoisotopic (exact) mass is 673 g/mol. The van der Waals surface area contributed by atoms with Crippen LogP contribution in [0.15, 0.2) is 72.8 Å². The van der Waals surface area contributed by atoms with Gasteiger partial charge in [0.2, 0.25) is 0 Å². The molecular formula is C38H47N3O8. The fourth-order valence-electron chi connectivity index (χ4n) is 6.78. The average Bonchev–Trinajstić information content (AvgIpc) is 3.60. The summed E-state index contributed by atoms with van der Waals surface area (Å²) in [6.07, 6.45) is 0.800. The molecule has 3 aromatic carbocycles. The Bertz CT molecular complexity index is 1550. The van der Waals surface area contributed by atoms with E-state index >= 15 is 0 Å². The predicted molar refractivity (Wildman–Crippen MR) is 182 cm³/mol. The summed E-state index contributed by atoms with van der Waals surface area (Å²) in [4.78, 5) is 26.2. The number of rotatable bonds is 11. The molecule has 3 aromatic rings. The van der Waals surface area contributed by atoms with Crippen molar-refractivity contribution in [2.45, 2.75) is 64.1 Å². The lowest BCUT2D eigenvalue weighted by molar-refractivity contribution is -0.278. The van der Waals surface area contributed by atoms with Crippen molar-refractivity contribution in [3.05, 3.63) is 95.1 Å². The van der Waals surface area contributed by atoms with Crippen molar-refractivity contribution >= 4 is 12.0 Å². The molecule has 4 atom stereocenters. The molecule has 1 spiro atoms. The number of carbonyl (C=O) groups is 2. The number of hydrogen-bond donors (Lipinski definition) is 3. The first kappa shape index (κ1) is 35.0. The number of benzene rings is 3. The van der Waals surface area contributed by atoms with E-state index in [1.165, 1.54) is 0 Å². The van der Waals surface area contributed by atoms with Crippen LogP contribution in [0.4, 0.5) is 4.79 Å². The normalized spacial score (nSPS) is 23.7. The van der Waals surface area contributed by atoms with Crippen LogP contribution >= 0.6 is 0 Å². The third-order valence-electron chi connectivity index (χ3n) is 9.56. The zero-order valence-corrected chi connectivity index (χ0v) is 28.3. The third-order valence-corrected chi connectivity index (χ3v) is 9.56. The van der Waals surface area contributed by atoms with Crippen molar-refractivity contribution in [1.82, 2.24) is 15.5 Å². The molecule has 3 fully saturated rings. The van der Waals surface area contributed by atoms with Crippen LogP contribution in [0, 0.1) is 5.92 Å². The molecule has 6 rings (SSSR count). The Labute approximate surface area is 287 Å². The summed E-state index contributed by atoms with van der Waals surface area (Å²) in [6.45, 7) is 8.12. The minimum Gasteiger partial charge on any atom is -0.465 e. The van der Waals surface area contributed by atoms with Gasteiger partial charge in [-0.15, -0.1) is 0 Å². The Hall–Kier alpha value is -3.84. The number of piperidine rings is 1. The van der Waals surface area contributed by atoms with Crippen LogP contribution in [0.25, 0.3) is 11.1 Å². The minimum atomic E-state index is -0.589. The number of urea groups is 1. The van der Waals surface area contributed by atoms with Crippen LogP contribution in [-0.4, -0.2) is 79.9 Å². The van der Waals surface area contributed by atoms with Crippen molar-refractivity contribution in [3.63, 3.8) is 0 Å². The molecule has 4 unspecified atom stereocenters. The lowest BCUT2D eigenvalue weighted by Crippen LogP contribution is -2.50. The highest BCUT2D eigenvalue weighted by Crippen LogP contribution is 2.43. The lowest BCUT2D eigenvalue weighted by atomic mass is 9.89. The summed E-state index contributed by atoms with van der Waals surface area (Å²) < 4.78 is 30.3. The fraction of sp³-hybridized carbons (Fsp3) is 0.474. The molecule has 11 heteroatoms.